The lowest BCUT2D eigenvalue weighted by molar-refractivity contribution is -0.140. The number of rotatable bonds is 11. The summed E-state index contributed by atoms with van der Waals surface area (Å²) in [6.45, 7) is 0.139. The van der Waals surface area contributed by atoms with E-state index in [1.165, 1.54) is 7.11 Å². The maximum Gasteiger partial charge on any atom is 0.408 e. The molecule has 0 radical (unpaired) electrons. The molecule has 0 bridgehead atoms. The predicted molar refractivity (Wildman–Crippen MR) is 138 cm³/mol. The summed E-state index contributed by atoms with van der Waals surface area (Å²) < 4.78 is 9.87. The Kier molecular flexibility index (Phi) is 10.2. The SMILES string of the molecule is COC(=O)CCNC(=O)c1ccccc1NC(=O)[C@H](Cc1ccccc1)NC(=O)OCc1ccccc1. The molecule has 0 saturated heterocycles. The second kappa shape index (κ2) is 14.0. The van der Waals surface area contributed by atoms with Gasteiger partial charge in [-0.3, -0.25) is 14.4 Å². The Balaban J connectivity index is 1.69. The molecule has 0 aromatic heterocycles. The van der Waals surface area contributed by atoms with Crippen LogP contribution >= 0.6 is 0 Å². The van der Waals surface area contributed by atoms with E-state index in [2.05, 4.69) is 20.7 Å². The smallest absolute Gasteiger partial charge is 0.408 e. The molecule has 37 heavy (non-hydrogen) atoms. The molecule has 9 heteroatoms. The van der Waals surface area contributed by atoms with Crippen LogP contribution in [0.2, 0.25) is 0 Å². The number of alkyl carbamates (subject to hydrolysis) is 1. The highest BCUT2D eigenvalue weighted by molar-refractivity contribution is 6.05. The van der Waals surface area contributed by atoms with Gasteiger partial charge in [0.05, 0.1) is 24.8 Å². The molecular formula is C28H29N3O6. The topological polar surface area (TPSA) is 123 Å². The maximum atomic E-state index is 13.3. The average Bonchev–Trinajstić information content (AvgIpc) is 2.92. The van der Waals surface area contributed by atoms with E-state index in [9.17, 15) is 19.2 Å². The second-order valence-electron chi connectivity index (χ2n) is 8.07. The third kappa shape index (κ3) is 8.81. The molecule has 0 aliphatic heterocycles. The van der Waals surface area contributed by atoms with Gasteiger partial charge in [-0.05, 0) is 23.3 Å². The van der Waals surface area contributed by atoms with Gasteiger partial charge in [0.2, 0.25) is 5.91 Å². The van der Waals surface area contributed by atoms with E-state index >= 15 is 0 Å². The van der Waals surface area contributed by atoms with Crippen LogP contribution in [0.25, 0.3) is 0 Å². The summed E-state index contributed by atoms with van der Waals surface area (Å²) in [5.74, 6) is -1.43. The van der Waals surface area contributed by atoms with Crippen molar-refractivity contribution in [1.82, 2.24) is 10.6 Å². The number of nitrogens with one attached hydrogen (secondary N) is 3. The standard InChI is InChI=1S/C28H29N3O6/c1-36-25(32)16-17-29-26(33)22-14-8-9-15-23(22)30-27(34)24(18-20-10-4-2-5-11-20)31-28(35)37-19-21-12-6-3-7-13-21/h2-15,24H,16-19H2,1H3,(H,29,33)(H,30,34)(H,31,35)/t24-/m0/s1. The zero-order valence-electron chi connectivity index (χ0n) is 20.4. The molecule has 0 spiro atoms. The van der Waals surface area contributed by atoms with E-state index in [0.717, 1.165) is 11.1 Å². The Hall–Kier alpha value is -4.66. The summed E-state index contributed by atoms with van der Waals surface area (Å²) in [5.41, 5.74) is 2.13. The van der Waals surface area contributed by atoms with Crippen LogP contribution in [0.5, 0.6) is 0 Å². The predicted octanol–water partition coefficient (Wildman–Crippen LogP) is 3.46. The molecule has 3 N–H and O–H groups in total. The molecule has 192 valence electrons. The van der Waals surface area contributed by atoms with Crippen LogP contribution in [0.1, 0.15) is 27.9 Å². The van der Waals surface area contributed by atoms with Crippen molar-refractivity contribution in [1.29, 1.82) is 0 Å². The number of amides is 3. The minimum absolute atomic E-state index is 0.0188. The lowest BCUT2D eigenvalue weighted by Crippen LogP contribution is -2.45. The fourth-order valence-corrected chi connectivity index (χ4v) is 3.45. The Morgan fingerprint density at radius 1 is 0.811 bits per heavy atom. The zero-order valence-corrected chi connectivity index (χ0v) is 20.4. The summed E-state index contributed by atoms with van der Waals surface area (Å²) in [6, 6.07) is 23.9. The van der Waals surface area contributed by atoms with Gasteiger partial charge >= 0.3 is 12.1 Å². The van der Waals surface area contributed by atoms with E-state index in [0.29, 0.717) is 0 Å². The number of ether oxygens (including phenoxy) is 2. The monoisotopic (exact) mass is 503 g/mol. The van der Waals surface area contributed by atoms with Gasteiger partial charge in [0.15, 0.2) is 0 Å². The van der Waals surface area contributed by atoms with Gasteiger partial charge in [-0.25, -0.2) is 4.79 Å². The van der Waals surface area contributed by atoms with Crippen molar-refractivity contribution in [2.24, 2.45) is 0 Å². The van der Waals surface area contributed by atoms with Crippen molar-refractivity contribution in [3.63, 3.8) is 0 Å². The number of benzene rings is 3. The Morgan fingerprint density at radius 2 is 1.43 bits per heavy atom. The first-order valence-electron chi connectivity index (χ1n) is 11.7. The van der Waals surface area contributed by atoms with Crippen LogP contribution in [0.3, 0.4) is 0 Å². The number of anilines is 1. The fourth-order valence-electron chi connectivity index (χ4n) is 3.45. The van der Waals surface area contributed by atoms with Gasteiger partial charge < -0.3 is 25.4 Å². The summed E-state index contributed by atoms with van der Waals surface area (Å²) in [5, 5.41) is 8.00. The molecular weight excluding hydrogens is 474 g/mol. The molecule has 3 aromatic rings. The number of hydrogen-bond acceptors (Lipinski definition) is 6. The highest BCUT2D eigenvalue weighted by Crippen LogP contribution is 2.16. The van der Waals surface area contributed by atoms with E-state index in [4.69, 9.17) is 4.74 Å². The minimum Gasteiger partial charge on any atom is -0.469 e. The molecule has 0 fully saturated rings. The third-order valence-electron chi connectivity index (χ3n) is 5.38. The molecule has 1 atom stereocenters. The summed E-state index contributed by atoms with van der Waals surface area (Å²) in [7, 11) is 1.27. The van der Waals surface area contributed by atoms with Gasteiger partial charge in [0, 0.05) is 13.0 Å². The third-order valence-corrected chi connectivity index (χ3v) is 5.38. The molecule has 3 aromatic carbocycles. The zero-order chi connectivity index (χ0) is 26.5. The number of para-hydroxylation sites is 1. The van der Waals surface area contributed by atoms with Crippen molar-refractivity contribution < 1.29 is 28.7 Å². The van der Waals surface area contributed by atoms with Crippen molar-refractivity contribution in [2.75, 3.05) is 19.0 Å². The lowest BCUT2D eigenvalue weighted by Gasteiger charge is -2.19. The van der Waals surface area contributed by atoms with Crippen LogP contribution in [-0.2, 0) is 32.1 Å². The average molecular weight is 504 g/mol. The maximum absolute atomic E-state index is 13.3. The van der Waals surface area contributed by atoms with Crippen LogP contribution in [0.15, 0.2) is 84.9 Å². The second-order valence-corrected chi connectivity index (χ2v) is 8.07. The molecule has 0 heterocycles. The molecule has 0 aliphatic rings. The highest BCUT2D eigenvalue weighted by atomic mass is 16.5. The molecule has 0 aliphatic carbocycles. The first-order chi connectivity index (χ1) is 18.0. The van der Waals surface area contributed by atoms with Crippen molar-refractivity contribution in [3.05, 3.63) is 102 Å². The number of carbonyl (C=O) groups excluding carboxylic acids is 4. The Morgan fingerprint density at radius 3 is 2.11 bits per heavy atom. The largest absolute Gasteiger partial charge is 0.469 e. The summed E-state index contributed by atoms with van der Waals surface area (Å²) in [6.07, 6.45) is -0.514. The first-order valence-corrected chi connectivity index (χ1v) is 11.7. The minimum atomic E-state index is -0.971. The van der Waals surface area contributed by atoms with E-state index < -0.39 is 29.9 Å². The van der Waals surface area contributed by atoms with E-state index in [1.807, 2.05) is 60.7 Å². The summed E-state index contributed by atoms with van der Waals surface area (Å²) in [4.78, 5) is 49.8. The number of hydrogen-bond donors (Lipinski definition) is 3. The van der Waals surface area contributed by atoms with Crippen LogP contribution in [-0.4, -0.2) is 43.6 Å². The highest BCUT2D eigenvalue weighted by Gasteiger charge is 2.24. The number of esters is 1. The molecule has 0 saturated carbocycles. The van der Waals surface area contributed by atoms with Crippen LogP contribution in [0, 0.1) is 0 Å². The summed E-state index contributed by atoms with van der Waals surface area (Å²) >= 11 is 0. The van der Waals surface area contributed by atoms with Crippen molar-refractivity contribution >= 4 is 29.6 Å². The lowest BCUT2D eigenvalue weighted by atomic mass is 10.0. The van der Waals surface area contributed by atoms with Gasteiger partial charge in [-0.1, -0.05) is 72.8 Å². The number of methoxy groups -OCH3 is 1. The fraction of sp³-hybridized carbons (Fsp3) is 0.214. The number of carbonyl (C=O) groups is 4. The van der Waals surface area contributed by atoms with Gasteiger partial charge in [0.1, 0.15) is 12.6 Å². The molecule has 3 rings (SSSR count). The van der Waals surface area contributed by atoms with Crippen LogP contribution < -0.4 is 16.0 Å². The van der Waals surface area contributed by atoms with Gasteiger partial charge in [0.25, 0.3) is 5.91 Å². The van der Waals surface area contributed by atoms with Crippen molar-refractivity contribution in [3.8, 4) is 0 Å². The Bertz CT molecular complexity index is 1200. The first kappa shape index (κ1) is 26.9. The molecule has 0 unspecified atom stereocenters. The van der Waals surface area contributed by atoms with E-state index in [-0.39, 0.29) is 37.2 Å². The molecule has 9 nitrogen and oxygen atoms in total. The van der Waals surface area contributed by atoms with Gasteiger partial charge in [-0.15, -0.1) is 0 Å². The molecule has 3 amide bonds. The van der Waals surface area contributed by atoms with Crippen LogP contribution in [0.4, 0.5) is 10.5 Å². The normalized spacial score (nSPS) is 11.1. The van der Waals surface area contributed by atoms with Crippen molar-refractivity contribution in [2.45, 2.75) is 25.5 Å². The quantitative estimate of drug-likeness (QED) is 0.345. The Labute approximate surface area is 215 Å². The van der Waals surface area contributed by atoms with E-state index in [1.54, 1.807) is 24.3 Å². The van der Waals surface area contributed by atoms with Gasteiger partial charge in [-0.2, -0.15) is 0 Å².